The van der Waals surface area contributed by atoms with Crippen molar-refractivity contribution in [3.05, 3.63) is 0 Å². The van der Waals surface area contributed by atoms with Gasteiger partial charge in [-0.15, -0.1) is 0 Å². The van der Waals surface area contributed by atoms with Crippen molar-refractivity contribution in [1.29, 1.82) is 0 Å². The van der Waals surface area contributed by atoms with E-state index in [0.29, 0.717) is 0 Å². The molecule has 0 saturated carbocycles. The van der Waals surface area contributed by atoms with Crippen LogP contribution >= 0.6 is 0 Å². The molecule has 0 bridgehead atoms. The molecule has 0 aromatic heterocycles. The van der Waals surface area contributed by atoms with Crippen molar-refractivity contribution in [2.45, 2.75) is 13.0 Å². The van der Waals surface area contributed by atoms with Crippen LogP contribution in [0.1, 0.15) is 6.92 Å². The maximum Gasteiger partial charge on any atom is 0.362 e. The van der Waals surface area contributed by atoms with Gasteiger partial charge in [0.1, 0.15) is 0 Å². The van der Waals surface area contributed by atoms with E-state index >= 15 is 0 Å². The van der Waals surface area contributed by atoms with Gasteiger partial charge in [0.15, 0.2) is 6.04 Å². The normalized spacial score (nSPS) is 11.7. The van der Waals surface area contributed by atoms with Gasteiger partial charge in [0, 0.05) is 0 Å². The highest BCUT2D eigenvalue weighted by Crippen LogP contribution is 1.64. The third-order valence-electron chi connectivity index (χ3n) is 0.422. The Morgan fingerprint density at radius 2 is 2.00 bits per heavy atom. The van der Waals surface area contributed by atoms with Crippen molar-refractivity contribution in [2.75, 3.05) is 0 Å². The van der Waals surface area contributed by atoms with Gasteiger partial charge in [0.05, 0.1) is 0 Å². The molecule has 4 heteroatoms. The van der Waals surface area contributed by atoms with Gasteiger partial charge < -0.3 is 34.8 Å². The van der Waals surface area contributed by atoms with Crippen molar-refractivity contribution in [1.82, 2.24) is 0 Å². The summed E-state index contributed by atoms with van der Waals surface area (Å²) in [5, 5.41) is 7.93. The number of aliphatic carboxylic acids is 1. The van der Waals surface area contributed by atoms with E-state index < -0.39 is 12.0 Å². The van der Waals surface area contributed by atoms with Crippen LogP contribution in [0.15, 0.2) is 0 Å². The summed E-state index contributed by atoms with van der Waals surface area (Å²) in [4.78, 5) is 9.64. The molecule has 7 heavy (non-hydrogen) atoms. The Hall–Kier alpha value is 0.160. The molecular weight excluding hydrogens is 209 g/mol. The summed E-state index contributed by atoms with van der Waals surface area (Å²) < 4.78 is 0. The van der Waals surface area contributed by atoms with Crippen LogP contribution in [0.4, 0.5) is 0 Å². The number of halogens is 1. The van der Waals surface area contributed by atoms with E-state index in [0.717, 1.165) is 0 Å². The largest absolute Gasteiger partial charge is 1.00 e. The number of carbonyl (C=O) groups is 1. The zero-order valence-corrected chi connectivity index (χ0v) is 6.18. The summed E-state index contributed by atoms with van der Waals surface area (Å²) in [5.41, 5.74) is 3.24. The molecule has 0 aromatic carbocycles. The summed E-state index contributed by atoms with van der Waals surface area (Å²) >= 11 is 0. The lowest BCUT2D eigenvalue weighted by Crippen LogP contribution is -3.00. The molecule has 0 radical (unpaired) electrons. The number of rotatable bonds is 1. The molecule has 0 fully saturated rings. The van der Waals surface area contributed by atoms with Crippen LogP contribution in [-0.4, -0.2) is 17.1 Å². The van der Waals surface area contributed by atoms with E-state index in [1.165, 1.54) is 6.92 Å². The second kappa shape index (κ2) is 4.32. The summed E-state index contributed by atoms with van der Waals surface area (Å²) in [6.07, 6.45) is 0. The molecule has 0 heterocycles. The smallest absolute Gasteiger partial charge is 0.362 e. The fourth-order valence-electron chi connectivity index (χ4n) is 0. The Morgan fingerprint density at radius 1 is 1.86 bits per heavy atom. The van der Waals surface area contributed by atoms with Gasteiger partial charge in [-0.05, 0) is 6.92 Å². The van der Waals surface area contributed by atoms with Crippen LogP contribution < -0.4 is 29.7 Å². The lowest BCUT2D eigenvalue weighted by molar-refractivity contribution is -0.402. The van der Waals surface area contributed by atoms with Crippen LogP contribution in [0.5, 0.6) is 0 Å². The SMILES string of the molecule is C[C@@H]([NH3+])C(=O)O.[I-]. The molecule has 0 amide bonds. The number of carboxylic acids is 1. The molecule has 0 aliphatic carbocycles. The number of quaternary nitrogens is 1. The van der Waals surface area contributed by atoms with Crippen molar-refractivity contribution < 1.29 is 39.6 Å². The van der Waals surface area contributed by atoms with Crippen molar-refractivity contribution >= 4 is 5.97 Å². The fourth-order valence-corrected chi connectivity index (χ4v) is 0. The fraction of sp³-hybridized carbons (Fsp3) is 0.667. The van der Waals surface area contributed by atoms with Gasteiger partial charge in [-0.2, -0.15) is 0 Å². The first-order chi connectivity index (χ1) is 2.64. The first kappa shape index (κ1) is 10.2. The summed E-state index contributed by atoms with van der Waals surface area (Å²) in [6, 6.07) is -0.481. The zero-order valence-electron chi connectivity index (χ0n) is 4.02. The molecule has 0 aliphatic heterocycles. The maximum absolute atomic E-state index is 9.64. The van der Waals surface area contributed by atoms with Gasteiger partial charge in [0.2, 0.25) is 0 Å². The minimum absolute atomic E-state index is 0. The molecule has 1 atom stereocenters. The van der Waals surface area contributed by atoms with Crippen LogP contribution in [0.3, 0.4) is 0 Å². The quantitative estimate of drug-likeness (QED) is 0.436. The topological polar surface area (TPSA) is 64.9 Å². The van der Waals surface area contributed by atoms with E-state index in [1.54, 1.807) is 0 Å². The molecule has 0 aliphatic rings. The number of carboxylic acid groups (broad SMARTS) is 1. The molecule has 3 nitrogen and oxygen atoms in total. The van der Waals surface area contributed by atoms with Crippen molar-refractivity contribution in [2.24, 2.45) is 0 Å². The summed E-state index contributed by atoms with van der Waals surface area (Å²) in [5.74, 6) is -0.852. The molecule has 0 saturated heterocycles. The molecule has 44 valence electrons. The van der Waals surface area contributed by atoms with E-state index in [-0.39, 0.29) is 24.0 Å². The van der Waals surface area contributed by atoms with Crippen molar-refractivity contribution in [3.63, 3.8) is 0 Å². The van der Waals surface area contributed by atoms with Gasteiger partial charge in [-0.3, -0.25) is 0 Å². The van der Waals surface area contributed by atoms with Gasteiger partial charge >= 0.3 is 5.97 Å². The standard InChI is InChI=1S/C3H7NO2.HI/c1-2(4)3(5)6;/h2H,4H2,1H3,(H,5,6);1H/t2-;/m1./s1. The minimum Gasteiger partial charge on any atom is -1.00 e. The Morgan fingerprint density at radius 3 is 2.00 bits per heavy atom. The molecule has 0 rings (SSSR count). The van der Waals surface area contributed by atoms with E-state index in [4.69, 9.17) is 5.11 Å². The molecule has 0 aromatic rings. The lowest BCUT2D eigenvalue weighted by Gasteiger charge is -1.86. The Bertz CT molecular complexity index is 64.0. The number of hydrogen-bond acceptors (Lipinski definition) is 1. The first-order valence-corrected chi connectivity index (χ1v) is 1.70. The lowest BCUT2D eigenvalue weighted by atomic mass is 10.4. The predicted octanol–water partition coefficient (Wildman–Crippen LogP) is -4.29. The van der Waals surface area contributed by atoms with Crippen LogP contribution in [0, 0.1) is 0 Å². The van der Waals surface area contributed by atoms with Gasteiger partial charge in [-0.25, -0.2) is 4.79 Å². The molecule has 0 spiro atoms. The van der Waals surface area contributed by atoms with Crippen LogP contribution in [0.25, 0.3) is 0 Å². The molecular formula is C3H8INO2. The van der Waals surface area contributed by atoms with Gasteiger partial charge in [-0.1, -0.05) is 0 Å². The second-order valence-electron chi connectivity index (χ2n) is 1.24. The highest BCUT2D eigenvalue weighted by molar-refractivity contribution is 5.70. The Balaban J connectivity index is 0. The third kappa shape index (κ3) is 6.16. The second-order valence-corrected chi connectivity index (χ2v) is 1.24. The van der Waals surface area contributed by atoms with Gasteiger partial charge in [0.25, 0.3) is 0 Å². The highest BCUT2D eigenvalue weighted by Gasteiger charge is 2.04. The predicted molar refractivity (Wildman–Crippen MR) is 20.0 cm³/mol. The van der Waals surface area contributed by atoms with Crippen LogP contribution in [-0.2, 0) is 4.79 Å². The van der Waals surface area contributed by atoms with E-state index in [9.17, 15) is 4.79 Å². The van der Waals surface area contributed by atoms with E-state index in [2.05, 4.69) is 5.73 Å². The number of hydrogen-bond donors (Lipinski definition) is 2. The minimum atomic E-state index is -0.852. The first-order valence-electron chi connectivity index (χ1n) is 1.70. The maximum atomic E-state index is 9.64. The third-order valence-corrected chi connectivity index (χ3v) is 0.422. The van der Waals surface area contributed by atoms with Crippen LogP contribution in [0.2, 0.25) is 0 Å². The summed E-state index contributed by atoms with van der Waals surface area (Å²) in [7, 11) is 0. The highest BCUT2D eigenvalue weighted by atomic mass is 127. The Kier molecular flexibility index (Phi) is 6.30. The van der Waals surface area contributed by atoms with E-state index in [1.807, 2.05) is 0 Å². The molecule has 4 N–H and O–H groups in total. The monoisotopic (exact) mass is 217 g/mol. The Labute approximate surface area is 58.9 Å². The summed E-state index contributed by atoms with van der Waals surface area (Å²) in [6.45, 7) is 1.53. The molecule has 0 unspecified atom stereocenters. The van der Waals surface area contributed by atoms with Crippen molar-refractivity contribution in [3.8, 4) is 0 Å². The average molecular weight is 217 g/mol. The average Bonchev–Trinajstić information content (AvgIpc) is 1.36. The zero-order chi connectivity index (χ0) is 5.15.